The fraction of sp³-hybridized carbons (Fsp3) is 0.500. The number of piperidine rings is 1. The third-order valence-electron chi connectivity index (χ3n) is 3.74. The molecule has 0 unspecified atom stereocenters. The Morgan fingerprint density at radius 3 is 2.64 bits per heavy atom. The van der Waals surface area contributed by atoms with E-state index in [1.54, 1.807) is 0 Å². The first kappa shape index (κ1) is 8.93. The van der Waals surface area contributed by atoms with E-state index >= 15 is 0 Å². The summed E-state index contributed by atoms with van der Waals surface area (Å²) in [5.41, 5.74) is 2.06. The maximum absolute atomic E-state index is 3.49. The molecule has 2 fully saturated rings. The Kier molecular flexibility index (Phi) is 1.80. The van der Waals surface area contributed by atoms with Gasteiger partial charge in [-0.05, 0) is 37.1 Å². The van der Waals surface area contributed by atoms with E-state index < -0.39 is 0 Å². The quantitative estimate of drug-likeness (QED) is 0.742. The second kappa shape index (κ2) is 2.83. The van der Waals surface area contributed by atoms with Crippen LogP contribution in [0.3, 0.4) is 0 Å². The molecule has 3 rings (SSSR count). The number of benzene rings is 1. The molecule has 0 spiro atoms. The van der Waals surface area contributed by atoms with Crippen molar-refractivity contribution in [3.63, 3.8) is 0 Å². The first-order valence-corrected chi connectivity index (χ1v) is 5.95. The molecule has 1 aliphatic heterocycles. The van der Waals surface area contributed by atoms with Crippen LogP contribution in [0, 0.1) is 5.92 Å². The summed E-state index contributed by atoms with van der Waals surface area (Å²) in [6.45, 7) is 2.54. The average Bonchev–Trinajstić information content (AvgIpc) is 2.71. The Morgan fingerprint density at radius 1 is 1.36 bits per heavy atom. The van der Waals surface area contributed by atoms with Crippen molar-refractivity contribution < 1.29 is 0 Å². The molecule has 1 aromatic rings. The van der Waals surface area contributed by atoms with Crippen molar-refractivity contribution in [2.45, 2.75) is 11.8 Å². The normalized spacial score (nSPS) is 35.7. The van der Waals surface area contributed by atoms with Crippen LogP contribution in [0.5, 0.6) is 0 Å². The van der Waals surface area contributed by atoms with Crippen molar-refractivity contribution in [3.05, 3.63) is 34.3 Å². The Balaban J connectivity index is 1.93. The van der Waals surface area contributed by atoms with E-state index in [1.807, 2.05) is 0 Å². The molecule has 14 heavy (non-hydrogen) atoms. The molecule has 1 saturated heterocycles. The summed E-state index contributed by atoms with van der Waals surface area (Å²) in [6.07, 6.45) is 1.40. The monoisotopic (exact) mass is 251 g/mol. The molecule has 2 atom stereocenters. The van der Waals surface area contributed by atoms with Crippen LogP contribution in [-0.4, -0.2) is 25.0 Å². The van der Waals surface area contributed by atoms with Gasteiger partial charge < -0.3 is 4.90 Å². The molecule has 2 aliphatic rings. The van der Waals surface area contributed by atoms with Crippen LogP contribution in [0.15, 0.2) is 28.7 Å². The standard InChI is InChI=1S/C12H14BrN/c1-14-7-10-6-12(10,8-14)9-2-4-11(13)5-3-9/h2-5,10H,6-8H2,1H3/t10-,12+/m1/s1. The van der Waals surface area contributed by atoms with Gasteiger partial charge in [0.05, 0.1) is 0 Å². The van der Waals surface area contributed by atoms with Gasteiger partial charge in [-0.2, -0.15) is 0 Å². The van der Waals surface area contributed by atoms with E-state index in [2.05, 4.69) is 52.1 Å². The van der Waals surface area contributed by atoms with Crippen molar-refractivity contribution in [3.8, 4) is 0 Å². The number of likely N-dealkylation sites (N-methyl/N-ethyl adjacent to an activating group) is 1. The van der Waals surface area contributed by atoms with Gasteiger partial charge in [0.15, 0.2) is 0 Å². The minimum absolute atomic E-state index is 0.523. The highest BCUT2D eigenvalue weighted by Crippen LogP contribution is 2.58. The lowest BCUT2D eigenvalue weighted by molar-refractivity contribution is 0.363. The molecule has 1 saturated carbocycles. The average molecular weight is 252 g/mol. The molecular formula is C12H14BrN. The van der Waals surface area contributed by atoms with E-state index in [1.165, 1.54) is 29.5 Å². The lowest BCUT2D eigenvalue weighted by Crippen LogP contribution is -2.22. The molecule has 0 N–H and O–H groups in total. The fourth-order valence-corrected chi connectivity index (χ4v) is 3.23. The number of rotatable bonds is 1. The van der Waals surface area contributed by atoms with E-state index in [0.717, 1.165) is 5.92 Å². The maximum atomic E-state index is 3.49. The van der Waals surface area contributed by atoms with Gasteiger partial charge in [0, 0.05) is 23.0 Å². The molecule has 1 aliphatic carbocycles. The van der Waals surface area contributed by atoms with Gasteiger partial charge >= 0.3 is 0 Å². The van der Waals surface area contributed by atoms with Crippen LogP contribution in [-0.2, 0) is 5.41 Å². The molecule has 2 heteroatoms. The molecule has 0 aromatic heterocycles. The summed E-state index contributed by atoms with van der Waals surface area (Å²) in [7, 11) is 2.23. The largest absolute Gasteiger partial charge is 0.305 e. The van der Waals surface area contributed by atoms with Gasteiger partial charge in [-0.25, -0.2) is 0 Å². The number of likely N-dealkylation sites (tertiary alicyclic amines) is 1. The fourth-order valence-electron chi connectivity index (χ4n) is 2.96. The van der Waals surface area contributed by atoms with Gasteiger partial charge in [-0.15, -0.1) is 0 Å². The van der Waals surface area contributed by atoms with Crippen molar-refractivity contribution in [2.75, 3.05) is 20.1 Å². The lowest BCUT2D eigenvalue weighted by Gasteiger charge is -2.16. The SMILES string of the molecule is CN1C[C@H]2C[C@@]2(c2ccc(Br)cc2)C1. The van der Waals surface area contributed by atoms with Crippen molar-refractivity contribution >= 4 is 15.9 Å². The highest BCUT2D eigenvalue weighted by molar-refractivity contribution is 9.10. The van der Waals surface area contributed by atoms with Crippen LogP contribution in [0.1, 0.15) is 12.0 Å². The third-order valence-corrected chi connectivity index (χ3v) is 4.26. The summed E-state index contributed by atoms with van der Waals surface area (Å²) >= 11 is 3.49. The van der Waals surface area contributed by atoms with Gasteiger partial charge in [0.25, 0.3) is 0 Å². The molecular weight excluding hydrogens is 238 g/mol. The van der Waals surface area contributed by atoms with Crippen LogP contribution < -0.4 is 0 Å². The zero-order valence-electron chi connectivity index (χ0n) is 8.33. The topological polar surface area (TPSA) is 3.24 Å². The Bertz CT molecular complexity index is 359. The summed E-state index contributed by atoms with van der Waals surface area (Å²) in [4.78, 5) is 2.45. The molecule has 1 heterocycles. The first-order chi connectivity index (χ1) is 6.71. The Hall–Kier alpha value is -0.340. The van der Waals surface area contributed by atoms with Gasteiger partial charge in [-0.3, -0.25) is 0 Å². The second-order valence-electron chi connectivity index (χ2n) is 4.76. The second-order valence-corrected chi connectivity index (χ2v) is 5.68. The number of nitrogens with zero attached hydrogens (tertiary/aromatic N) is 1. The number of hydrogen-bond acceptors (Lipinski definition) is 1. The van der Waals surface area contributed by atoms with Crippen molar-refractivity contribution in [1.82, 2.24) is 4.90 Å². The summed E-state index contributed by atoms with van der Waals surface area (Å²) in [6, 6.07) is 8.89. The summed E-state index contributed by atoms with van der Waals surface area (Å²) in [5.74, 6) is 0.925. The molecule has 0 amide bonds. The number of hydrogen-bond donors (Lipinski definition) is 0. The summed E-state index contributed by atoms with van der Waals surface area (Å²) in [5, 5.41) is 0. The summed E-state index contributed by atoms with van der Waals surface area (Å²) < 4.78 is 1.18. The lowest BCUT2D eigenvalue weighted by atomic mass is 9.95. The highest BCUT2D eigenvalue weighted by atomic mass is 79.9. The molecule has 1 nitrogen and oxygen atoms in total. The highest BCUT2D eigenvalue weighted by Gasteiger charge is 2.59. The molecule has 0 bridgehead atoms. The molecule has 1 aromatic carbocycles. The first-order valence-electron chi connectivity index (χ1n) is 5.15. The zero-order chi connectivity index (χ0) is 9.76. The molecule has 74 valence electrons. The van der Waals surface area contributed by atoms with E-state index in [9.17, 15) is 0 Å². The van der Waals surface area contributed by atoms with Crippen LogP contribution in [0.4, 0.5) is 0 Å². The van der Waals surface area contributed by atoms with Crippen LogP contribution >= 0.6 is 15.9 Å². The van der Waals surface area contributed by atoms with E-state index in [4.69, 9.17) is 0 Å². The minimum Gasteiger partial charge on any atom is -0.305 e. The van der Waals surface area contributed by atoms with Crippen LogP contribution in [0.25, 0.3) is 0 Å². The van der Waals surface area contributed by atoms with Crippen molar-refractivity contribution in [1.29, 1.82) is 0 Å². The zero-order valence-corrected chi connectivity index (χ0v) is 9.92. The van der Waals surface area contributed by atoms with Gasteiger partial charge in [-0.1, -0.05) is 28.1 Å². The Morgan fingerprint density at radius 2 is 2.07 bits per heavy atom. The smallest absolute Gasteiger partial charge is 0.0175 e. The van der Waals surface area contributed by atoms with Gasteiger partial charge in [0.1, 0.15) is 0 Å². The number of halogens is 1. The predicted molar refractivity (Wildman–Crippen MR) is 61.4 cm³/mol. The van der Waals surface area contributed by atoms with Crippen LogP contribution in [0.2, 0.25) is 0 Å². The third kappa shape index (κ3) is 1.17. The Labute approximate surface area is 93.2 Å². The molecule has 0 radical (unpaired) electrons. The maximum Gasteiger partial charge on any atom is 0.0175 e. The van der Waals surface area contributed by atoms with E-state index in [0.29, 0.717) is 5.41 Å². The van der Waals surface area contributed by atoms with Crippen molar-refractivity contribution in [2.24, 2.45) is 5.92 Å². The van der Waals surface area contributed by atoms with Gasteiger partial charge in [0.2, 0.25) is 0 Å². The number of fused-ring (bicyclic) bond motifs is 1. The van der Waals surface area contributed by atoms with E-state index in [-0.39, 0.29) is 0 Å². The predicted octanol–water partition coefficient (Wildman–Crippen LogP) is 2.65. The minimum atomic E-state index is 0.523.